The number of anilines is 3. The Balaban J connectivity index is 1.58. The molecular formula is C19H17ClN8O3. The fraction of sp³-hybridized carbons (Fsp3) is 0.211. The lowest BCUT2D eigenvalue weighted by Gasteiger charge is -2.12. The second-order valence-electron chi connectivity index (χ2n) is 7.04. The second kappa shape index (κ2) is 7.43. The van der Waals surface area contributed by atoms with Gasteiger partial charge in [-0.05, 0) is 31.1 Å². The van der Waals surface area contributed by atoms with E-state index < -0.39 is 11.9 Å². The molecule has 158 valence electrons. The molecule has 1 saturated heterocycles. The first-order valence-electron chi connectivity index (χ1n) is 9.47. The Labute approximate surface area is 180 Å². The summed E-state index contributed by atoms with van der Waals surface area (Å²) >= 11 is 6.39. The third kappa shape index (κ3) is 3.70. The summed E-state index contributed by atoms with van der Waals surface area (Å²) in [6.07, 6.45) is 5.15. The molecule has 12 heteroatoms. The first-order chi connectivity index (χ1) is 15.0. The van der Waals surface area contributed by atoms with Gasteiger partial charge >= 0.3 is 6.03 Å². The summed E-state index contributed by atoms with van der Waals surface area (Å²) in [6.45, 7) is 0. The maximum atomic E-state index is 11.9. The van der Waals surface area contributed by atoms with Gasteiger partial charge in [-0.3, -0.25) is 10.1 Å². The lowest BCUT2D eigenvalue weighted by atomic mass is 10.2. The van der Waals surface area contributed by atoms with Crippen molar-refractivity contribution in [3.63, 3.8) is 0 Å². The molecular weight excluding hydrogens is 424 g/mol. The van der Waals surface area contributed by atoms with E-state index in [-0.39, 0.29) is 11.6 Å². The van der Waals surface area contributed by atoms with Gasteiger partial charge < -0.3 is 20.7 Å². The number of urea groups is 1. The van der Waals surface area contributed by atoms with Gasteiger partial charge in [-0.2, -0.15) is 19.6 Å². The van der Waals surface area contributed by atoms with Crippen molar-refractivity contribution in [2.45, 2.75) is 18.9 Å². The molecule has 1 saturated carbocycles. The van der Waals surface area contributed by atoms with E-state index in [2.05, 4.69) is 36.3 Å². The predicted octanol–water partition coefficient (Wildman–Crippen LogP) is 2.28. The van der Waals surface area contributed by atoms with Crippen LogP contribution in [0.3, 0.4) is 0 Å². The second-order valence-corrected chi connectivity index (χ2v) is 7.42. The van der Waals surface area contributed by atoms with Gasteiger partial charge in [0.2, 0.25) is 11.9 Å². The van der Waals surface area contributed by atoms with Crippen LogP contribution in [0.1, 0.15) is 18.4 Å². The van der Waals surface area contributed by atoms with E-state index in [9.17, 15) is 9.59 Å². The van der Waals surface area contributed by atoms with E-state index >= 15 is 0 Å². The fourth-order valence-electron chi connectivity index (χ4n) is 3.08. The Bertz CT molecular complexity index is 1250. The number of hydrogen-bond acceptors (Lipinski definition) is 8. The molecule has 3 heterocycles. The molecule has 4 N–H and O–H groups in total. The highest BCUT2D eigenvalue weighted by atomic mass is 35.5. The van der Waals surface area contributed by atoms with E-state index in [1.165, 1.54) is 13.2 Å². The molecule has 2 aromatic heterocycles. The summed E-state index contributed by atoms with van der Waals surface area (Å²) < 4.78 is 6.81. The maximum Gasteiger partial charge on any atom is 0.326 e. The number of methoxy groups -OCH3 is 1. The van der Waals surface area contributed by atoms with E-state index in [4.69, 9.17) is 16.3 Å². The number of aromatic nitrogens is 4. The Morgan fingerprint density at radius 1 is 1.26 bits per heavy atom. The summed E-state index contributed by atoms with van der Waals surface area (Å²) in [5.74, 6) is 0.780. The standard InChI is InChI=1S/C19H17ClN8O3/c1-31-13-4-2-3-11(14(13)20)23-17-25-15-9(7-12-16(29)26-19(30)24-12)8-21-28(15)18(27-17)22-10-5-6-10/h2-4,7-8,10H,5-6H2,1H3,(H2,22,23,25,27)(H2,24,26,29,30)/b12-7-. The van der Waals surface area contributed by atoms with Crippen LogP contribution in [-0.4, -0.2) is 44.7 Å². The molecule has 0 radical (unpaired) electrons. The Morgan fingerprint density at radius 3 is 2.81 bits per heavy atom. The molecule has 31 heavy (non-hydrogen) atoms. The third-order valence-corrected chi connectivity index (χ3v) is 5.15. The highest BCUT2D eigenvalue weighted by molar-refractivity contribution is 6.34. The zero-order valence-electron chi connectivity index (χ0n) is 16.3. The van der Waals surface area contributed by atoms with Crippen molar-refractivity contribution in [2.75, 3.05) is 17.7 Å². The van der Waals surface area contributed by atoms with Crippen LogP contribution in [0.15, 0.2) is 30.1 Å². The van der Waals surface area contributed by atoms with Crippen molar-refractivity contribution >= 4 is 52.8 Å². The molecule has 3 amide bonds. The zero-order chi connectivity index (χ0) is 21.5. The number of fused-ring (bicyclic) bond motifs is 1. The minimum Gasteiger partial charge on any atom is -0.495 e. The minimum atomic E-state index is -0.575. The van der Waals surface area contributed by atoms with Crippen LogP contribution in [0, 0.1) is 0 Å². The number of carbonyl (C=O) groups excluding carboxylic acids is 2. The molecule has 1 aromatic carbocycles. The maximum absolute atomic E-state index is 11.9. The van der Waals surface area contributed by atoms with Crippen molar-refractivity contribution in [1.29, 1.82) is 0 Å². The number of nitrogens with one attached hydrogen (secondary N) is 4. The van der Waals surface area contributed by atoms with E-state index in [1.807, 2.05) is 0 Å². The molecule has 3 aromatic rings. The average molecular weight is 441 g/mol. The summed E-state index contributed by atoms with van der Waals surface area (Å²) in [7, 11) is 1.54. The van der Waals surface area contributed by atoms with Gasteiger partial charge in [0.15, 0.2) is 5.65 Å². The summed E-state index contributed by atoms with van der Waals surface area (Å²) in [5.41, 5.74) is 1.67. The van der Waals surface area contributed by atoms with Crippen LogP contribution in [0.2, 0.25) is 5.02 Å². The summed E-state index contributed by atoms with van der Waals surface area (Å²) in [6, 6.07) is 5.07. The molecule has 0 spiro atoms. The van der Waals surface area contributed by atoms with Gasteiger partial charge in [-0.1, -0.05) is 17.7 Å². The number of amides is 3. The molecule has 2 aliphatic rings. The van der Waals surface area contributed by atoms with Crippen molar-refractivity contribution in [3.8, 4) is 5.75 Å². The average Bonchev–Trinajstić information content (AvgIpc) is 3.38. The largest absolute Gasteiger partial charge is 0.495 e. The first-order valence-corrected chi connectivity index (χ1v) is 9.85. The highest BCUT2D eigenvalue weighted by Gasteiger charge is 2.26. The smallest absolute Gasteiger partial charge is 0.326 e. The van der Waals surface area contributed by atoms with Crippen LogP contribution in [0.4, 0.5) is 22.4 Å². The van der Waals surface area contributed by atoms with Crippen LogP contribution in [0.5, 0.6) is 5.75 Å². The van der Waals surface area contributed by atoms with Crippen molar-refractivity contribution in [3.05, 3.63) is 40.7 Å². The normalized spacial score (nSPS) is 17.0. The Kier molecular flexibility index (Phi) is 4.59. The fourth-order valence-corrected chi connectivity index (χ4v) is 3.33. The van der Waals surface area contributed by atoms with Gasteiger partial charge in [0, 0.05) is 11.6 Å². The zero-order valence-corrected chi connectivity index (χ0v) is 17.0. The number of benzene rings is 1. The van der Waals surface area contributed by atoms with Crippen molar-refractivity contribution in [1.82, 2.24) is 30.2 Å². The molecule has 1 aliphatic heterocycles. The number of carbonyl (C=O) groups is 2. The number of nitrogens with zero attached hydrogens (tertiary/aromatic N) is 4. The van der Waals surface area contributed by atoms with Crippen molar-refractivity contribution in [2.24, 2.45) is 0 Å². The molecule has 11 nitrogen and oxygen atoms in total. The van der Waals surface area contributed by atoms with Crippen LogP contribution in [0.25, 0.3) is 11.7 Å². The molecule has 0 bridgehead atoms. The highest BCUT2D eigenvalue weighted by Crippen LogP contribution is 2.33. The van der Waals surface area contributed by atoms with Crippen molar-refractivity contribution < 1.29 is 14.3 Å². The molecule has 2 fully saturated rings. The van der Waals surface area contributed by atoms with E-state index in [1.54, 1.807) is 28.9 Å². The van der Waals surface area contributed by atoms with E-state index in [0.29, 0.717) is 39.7 Å². The van der Waals surface area contributed by atoms with Gasteiger partial charge in [0.05, 0.1) is 19.0 Å². The quantitative estimate of drug-likeness (QED) is 0.339. The SMILES string of the molecule is COc1cccc(Nc2nc(NC3CC3)n3ncc(/C=C4\NC(=O)NC4=O)c3n2)c1Cl. The minimum absolute atomic E-state index is 0.112. The van der Waals surface area contributed by atoms with Crippen LogP contribution >= 0.6 is 11.6 Å². The molecule has 0 unspecified atom stereocenters. The van der Waals surface area contributed by atoms with Gasteiger partial charge in [0.25, 0.3) is 5.91 Å². The van der Waals surface area contributed by atoms with E-state index in [0.717, 1.165) is 12.8 Å². The lowest BCUT2D eigenvalue weighted by Crippen LogP contribution is -2.22. The number of ether oxygens (including phenoxy) is 1. The number of hydrogen-bond donors (Lipinski definition) is 4. The molecule has 5 rings (SSSR count). The van der Waals surface area contributed by atoms with Crippen LogP contribution in [-0.2, 0) is 4.79 Å². The summed E-state index contributed by atoms with van der Waals surface area (Å²) in [4.78, 5) is 32.4. The number of imide groups is 1. The number of halogens is 1. The lowest BCUT2D eigenvalue weighted by molar-refractivity contribution is -0.115. The van der Waals surface area contributed by atoms with Gasteiger partial charge in [-0.25, -0.2) is 4.79 Å². The first kappa shape index (κ1) is 19.1. The topological polar surface area (TPSA) is 135 Å². The third-order valence-electron chi connectivity index (χ3n) is 4.76. The molecule has 1 aliphatic carbocycles. The summed E-state index contributed by atoms with van der Waals surface area (Å²) in [5, 5.41) is 15.8. The van der Waals surface area contributed by atoms with Gasteiger partial charge in [0.1, 0.15) is 16.5 Å². The predicted molar refractivity (Wildman–Crippen MR) is 113 cm³/mol. The monoisotopic (exact) mass is 440 g/mol. The van der Waals surface area contributed by atoms with Gasteiger partial charge in [-0.15, -0.1) is 0 Å². The Hall–Kier alpha value is -3.86. The Morgan fingerprint density at radius 2 is 2.10 bits per heavy atom. The van der Waals surface area contributed by atoms with Crippen LogP contribution < -0.4 is 26.0 Å². The molecule has 0 atom stereocenters. The number of rotatable bonds is 6.